The van der Waals surface area contributed by atoms with Crippen LogP contribution in [0.25, 0.3) is 22.4 Å². The Morgan fingerprint density at radius 1 is 1.42 bits per heavy atom. The maximum Gasteiger partial charge on any atom is 0.183 e. The van der Waals surface area contributed by atoms with E-state index in [4.69, 9.17) is 11.6 Å². The number of hydrogen-bond acceptors (Lipinski definition) is 6. The molecule has 0 saturated carbocycles. The van der Waals surface area contributed by atoms with Crippen LogP contribution in [0.3, 0.4) is 0 Å². The van der Waals surface area contributed by atoms with Crippen LogP contribution in [-0.2, 0) is 0 Å². The lowest BCUT2D eigenvalue weighted by molar-refractivity contribution is 0.576. The van der Waals surface area contributed by atoms with Gasteiger partial charge in [0.15, 0.2) is 17.5 Å². The molecule has 0 unspecified atom stereocenters. The van der Waals surface area contributed by atoms with E-state index in [1.807, 2.05) is 0 Å². The highest BCUT2D eigenvalue weighted by Gasteiger charge is 2.24. The molecule has 0 radical (unpaired) electrons. The Bertz CT molecular complexity index is 933. The van der Waals surface area contributed by atoms with Gasteiger partial charge in [-0.25, -0.2) is 23.6 Å². The van der Waals surface area contributed by atoms with Crippen molar-refractivity contribution >= 4 is 40.4 Å². The molecular weight excluding hydrogens is 375 g/mol. The van der Waals surface area contributed by atoms with Gasteiger partial charge in [-0.15, -0.1) is 0 Å². The molecule has 3 aromatic heterocycles. The highest BCUT2D eigenvalue weighted by Crippen LogP contribution is 2.29. The van der Waals surface area contributed by atoms with Gasteiger partial charge in [-0.05, 0) is 12.5 Å². The van der Waals surface area contributed by atoms with E-state index in [1.165, 1.54) is 6.20 Å². The fourth-order valence-electron chi connectivity index (χ4n) is 3.10. The van der Waals surface area contributed by atoms with Crippen LogP contribution in [0, 0.1) is 5.82 Å². The number of pyridine rings is 1. The van der Waals surface area contributed by atoms with E-state index in [1.54, 1.807) is 30.4 Å². The van der Waals surface area contributed by atoms with Crippen LogP contribution in [0.15, 0.2) is 24.7 Å². The third-order valence-electron chi connectivity index (χ3n) is 4.29. The molecule has 26 heavy (non-hydrogen) atoms. The van der Waals surface area contributed by atoms with Crippen LogP contribution in [0.5, 0.6) is 0 Å². The van der Waals surface area contributed by atoms with Crippen molar-refractivity contribution in [3.8, 4) is 11.4 Å². The predicted octanol–water partition coefficient (Wildman–Crippen LogP) is 3.97. The van der Waals surface area contributed by atoms with E-state index in [9.17, 15) is 4.39 Å². The third kappa shape index (κ3) is 3.49. The maximum absolute atomic E-state index is 14.2. The molecule has 136 valence electrons. The average Bonchev–Trinajstić information content (AvgIpc) is 3.24. The maximum atomic E-state index is 14.2. The number of aromatic amines is 1. The van der Waals surface area contributed by atoms with E-state index >= 15 is 0 Å². The zero-order valence-electron chi connectivity index (χ0n) is 14.2. The van der Waals surface area contributed by atoms with Gasteiger partial charge < -0.3 is 10.3 Å². The number of hydrogen-bond donors (Lipinski definition) is 2. The van der Waals surface area contributed by atoms with Gasteiger partial charge >= 0.3 is 0 Å². The number of halogens is 2. The van der Waals surface area contributed by atoms with Crippen LogP contribution < -0.4 is 5.32 Å². The second kappa shape index (κ2) is 7.38. The number of nitrogens with one attached hydrogen (secondary N) is 2. The molecule has 4 rings (SSSR count). The summed E-state index contributed by atoms with van der Waals surface area (Å²) >= 11 is 7.85. The Balaban J connectivity index is 1.61. The SMILES string of the molecule is CCSN1CC[C@H](Nc2nc(-c3c[nH]c4ncc(Cl)cc34)ncc2F)C1. The van der Waals surface area contributed by atoms with Gasteiger partial charge in [0.25, 0.3) is 0 Å². The lowest BCUT2D eigenvalue weighted by atomic mass is 10.2. The van der Waals surface area contributed by atoms with Crippen molar-refractivity contribution in [2.75, 3.05) is 24.2 Å². The zero-order valence-corrected chi connectivity index (χ0v) is 15.7. The number of H-pyrrole nitrogens is 1. The van der Waals surface area contributed by atoms with Crippen LogP contribution in [0.2, 0.25) is 5.02 Å². The largest absolute Gasteiger partial charge is 0.363 e. The molecule has 4 heterocycles. The molecule has 1 aliphatic rings. The summed E-state index contributed by atoms with van der Waals surface area (Å²) in [6, 6.07) is 1.97. The molecule has 0 amide bonds. The van der Waals surface area contributed by atoms with Crippen LogP contribution in [-0.4, -0.2) is 49.1 Å². The van der Waals surface area contributed by atoms with Crippen LogP contribution in [0.4, 0.5) is 10.2 Å². The summed E-state index contributed by atoms with van der Waals surface area (Å²) < 4.78 is 16.5. The lowest BCUT2D eigenvalue weighted by Crippen LogP contribution is -2.24. The van der Waals surface area contributed by atoms with E-state index in [2.05, 4.69) is 36.5 Å². The molecule has 1 saturated heterocycles. The molecule has 2 N–H and O–H groups in total. The second-order valence-electron chi connectivity index (χ2n) is 6.08. The van der Waals surface area contributed by atoms with Crippen molar-refractivity contribution in [2.45, 2.75) is 19.4 Å². The summed E-state index contributed by atoms with van der Waals surface area (Å²) in [6.07, 6.45) is 5.50. The van der Waals surface area contributed by atoms with E-state index < -0.39 is 5.82 Å². The van der Waals surface area contributed by atoms with E-state index in [0.717, 1.165) is 36.2 Å². The van der Waals surface area contributed by atoms with E-state index in [-0.39, 0.29) is 11.9 Å². The zero-order chi connectivity index (χ0) is 18.1. The number of anilines is 1. The first-order valence-electron chi connectivity index (χ1n) is 8.44. The molecule has 1 atom stereocenters. The molecule has 0 aliphatic carbocycles. The smallest absolute Gasteiger partial charge is 0.183 e. The van der Waals surface area contributed by atoms with Gasteiger partial charge in [-0.2, -0.15) is 0 Å². The Morgan fingerprint density at radius 2 is 2.31 bits per heavy atom. The van der Waals surface area contributed by atoms with Crippen molar-refractivity contribution in [2.24, 2.45) is 0 Å². The minimum atomic E-state index is -0.452. The number of aromatic nitrogens is 4. The number of rotatable bonds is 5. The first-order valence-corrected chi connectivity index (χ1v) is 9.76. The van der Waals surface area contributed by atoms with Gasteiger partial charge in [0.2, 0.25) is 0 Å². The molecule has 0 aromatic carbocycles. The summed E-state index contributed by atoms with van der Waals surface area (Å²) in [5, 5.41) is 4.56. The summed E-state index contributed by atoms with van der Waals surface area (Å²) in [5.74, 6) is 1.25. The molecule has 6 nitrogen and oxygen atoms in total. The Morgan fingerprint density at radius 3 is 3.15 bits per heavy atom. The summed E-state index contributed by atoms with van der Waals surface area (Å²) in [5.41, 5.74) is 1.43. The molecule has 1 fully saturated rings. The normalized spacial score (nSPS) is 17.9. The van der Waals surface area contributed by atoms with Gasteiger partial charge in [0, 0.05) is 48.2 Å². The minimum absolute atomic E-state index is 0.172. The third-order valence-corrected chi connectivity index (χ3v) is 5.45. The van der Waals surface area contributed by atoms with Crippen molar-refractivity contribution in [1.82, 2.24) is 24.2 Å². The number of nitrogens with zero attached hydrogens (tertiary/aromatic N) is 4. The molecule has 0 bridgehead atoms. The van der Waals surface area contributed by atoms with Crippen LogP contribution in [0.1, 0.15) is 13.3 Å². The van der Waals surface area contributed by atoms with Crippen molar-refractivity contribution < 1.29 is 4.39 Å². The monoisotopic (exact) mass is 392 g/mol. The fourth-order valence-corrected chi connectivity index (χ4v) is 4.14. The first kappa shape index (κ1) is 17.5. The lowest BCUT2D eigenvalue weighted by Gasteiger charge is -2.16. The molecule has 3 aromatic rings. The van der Waals surface area contributed by atoms with Gasteiger partial charge in [-0.1, -0.05) is 30.5 Å². The quantitative estimate of drug-likeness (QED) is 0.640. The fraction of sp³-hybridized carbons (Fsp3) is 0.353. The second-order valence-corrected chi connectivity index (χ2v) is 7.87. The Labute approximate surface area is 159 Å². The van der Waals surface area contributed by atoms with Crippen molar-refractivity contribution in [3.05, 3.63) is 35.5 Å². The van der Waals surface area contributed by atoms with Gasteiger partial charge in [0.05, 0.1) is 11.2 Å². The molecule has 9 heteroatoms. The predicted molar refractivity (Wildman–Crippen MR) is 104 cm³/mol. The van der Waals surface area contributed by atoms with E-state index in [0.29, 0.717) is 16.5 Å². The van der Waals surface area contributed by atoms with Gasteiger partial charge in [0.1, 0.15) is 5.65 Å². The average molecular weight is 393 g/mol. The van der Waals surface area contributed by atoms with Gasteiger partial charge in [-0.3, -0.25) is 0 Å². The Hall–Kier alpha value is -1.90. The van der Waals surface area contributed by atoms with Crippen LogP contribution >= 0.6 is 23.5 Å². The first-order chi connectivity index (χ1) is 12.6. The number of fused-ring (bicyclic) bond motifs is 1. The standard InChI is InChI=1S/C17H18ClFN6S/c1-2-26-25-4-3-11(9-25)23-17-14(19)8-22-16(24-17)13-7-21-15-12(13)5-10(18)6-20-15/h5-8,11H,2-4,9H2,1H3,(H,20,21)(H,22,23,24)/t11-/m0/s1. The molecule has 1 aliphatic heterocycles. The molecule has 0 spiro atoms. The Kier molecular flexibility index (Phi) is 4.97. The summed E-state index contributed by atoms with van der Waals surface area (Å²) in [7, 11) is 0. The highest BCUT2D eigenvalue weighted by molar-refractivity contribution is 7.96. The van der Waals surface area contributed by atoms with Crippen molar-refractivity contribution in [3.63, 3.8) is 0 Å². The topological polar surface area (TPSA) is 69.7 Å². The summed E-state index contributed by atoms with van der Waals surface area (Å²) in [4.78, 5) is 15.9. The van der Waals surface area contributed by atoms with Crippen molar-refractivity contribution in [1.29, 1.82) is 0 Å². The minimum Gasteiger partial charge on any atom is -0.363 e. The molecular formula is C17H18ClFN6S. The summed E-state index contributed by atoms with van der Waals surface area (Å²) in [6.45, 7) is 3.98. The highest BCUT2D eigenvalue weighted by atomic mass is 35.5.